The molecule has 0 N–H and O–H groups in total. The average Bonchev–Trinajstić information content (AvgIpc) is 3.35. The molecule has 0 unspecified atom stereocenters. The molecule has 0 saturated carbocycles. The molecule has 0 aliphatic carbocycles. The molecule has 6 rings (SSSR count). The van der Waals surface area contributed by atoms with Crippen molar-refractivity contribution in [1.82, 2.24) is 19.2 Å². The number of aromatic nitrogens is 2. The van der Waals surface area contributed by atoms with E-state index < -0.39 is 5.54 Å². The fraction of sp³-hybridized carbons (Fsp3) is 0.290. The minimum Gasteiger partial charge on any atom is -0.339 e. The molecule has 1 amide bonds. The Balaban J connectivity index is 1.24. The lowest BCUT2D eigenvalue weighted by Gasteiger charge is -2.43. The van der Waals surface area contributed by atoms with Crippen molar-refractivity contribution in [2.24, 2.45) is 7.05 Å². The van der Waals surface area contributed by atoms with Gasteiger partial charge < -0.3 is 9.80 Å². The Morgan fingerprint density at radius 2 is 1.50 bits per heavy atom. The monoisotopic (exact) mass is 619 g/mol. The maximum atomic E-state index is 14.1. The van der Waals surface area contributed by atoms with Crippen LogP contribution < -0.4 is 10.5 Å². The van der Waals surface area contributed by atoms with E-state index in [-0.39, 0.29) is 11.5 Å². The second-order valence-corrected chi connectivity index (χ2v) is 11.8. The molecule has 2 fully saturated rings. The first-order valence-corrected chi connectivity index (χ1v) is 14.7. The molecule has 2 aliphatic rings. The number of likely N-dealkylation sites (tertiary alicyclic amines) is 1. The van der Waals surface area contributed by atoms with Crippen molar-refractivity contribution in [2.75, 3.05) is 24.7 Å². The number of nitrogens with zero attached hydrogens (tertiary/aromatic N) is 5. The zero-order valence-corrected chi connectivity index (χ0v) is 24.7. The summed E-state index contributed by atoms with van der Waals surface area (Å²) < 4.78 is 4.20. The molecule has 1 aromatic heterocycles. The van der Waals surface area contributed by atoms with Crippen molar-refractivity contribution in [3.05, 3.63) is 116 Å². The molecule has 3 heterocycles. The van der Waals surface area contributed by atoms with Gasteiger partial charge in [-0.2, -0.15) is 0 Å². The van der Waals surface area contributed by atoms with Gasteiger partial charge in [0, 0.05) is 43.9 Å². The third-order valence-corrected chi connectivity index (χ3v) is 9.26. The van der Waals surface area contributed by atoms with Crippen LogP contribution in [0.15, 0.2) is 94.2 Å². The van der Waals surface area contributed by atoms with Crippen LogP contribution in [0.4, 0.5) is 5.69 Å². The molecular formula is C31H31BrClN5O2. The van der Waals surface area contributed by atoms with Crippen molar-refractivity contribution in [2.45, 2.75) is 31.5 Å². The molecule has 0 atom stereocenters. The number of piperidine rings is 1. The number of anilines is 1. The lowest BCUT2D eigenvalue weighted by molar-refractivity contribution is -0.134. The van der Waals surface area contributed by atoms with Gasteiger partial charge in [0.15, 0.2) is 0 Å². The van der Waals surface area contributed by atoms with E-state index >= 15 is 0 Å². The number of hydrogen-bond acceptors (Lipinski definition) is 4. The predicted molar refractivity (Wildman–Crippen MR) is 162 cm³/mol. The number of amides is 1. The zero-order chi connectivity index (χ0) is 27.9. The number of rotatable bonds is 6. The van der Waals surface area contributed by atoms with E-state index in [2.05, 4.69) is 37.9 Å². The van der Waals surface area contributed by atoms with Gasteiger partial charge in [-0.1, -0.05) is 60.1 Å². The van der Waals surface area contributed by atoms with Crippen molar-refractivity contribution in [1.29, 1.82) is 0 Å². The van der Waals surface area contributed by atoms with E-state index in [1.165, 1.54) is 0 Å². The molecule has 7 nitrogen and oxygen atoms in total. The third kappa shape index (κ3) is 4.78. The van der Waals surface area contributed by atoms with Crippen LogP contribution in [0.1, 0.15) is 24.1 Å². The Morgan fingerprint density at radius 3 is 2.15 bits per heavy atom. The zero-order valence-electron chi connectivity index (χ0n) is 22.3. The summed E-state index contributed by atoms with van der Waals surface area (Å²) in [4.78, 5) is 33.8. The number of para-hydroxylation sites is 2. The highest BCUT2D eigenvalue weighted by molar-refractivity contribution is 9.10. The smallest absolute Gasteiger partial charge is 0.286 e. The molecule has 2 aliphatic heterocycles. The molecule has 3 aromatic carbocycles. The van der Waals surface area contributed by atoms with Gasteiger partial charge >= 0.3 is 0 Å². The van der Waals surface area contributed by atoms with Gasteiger partial charge in [0.1, 0.15) is 10.0 Å². The van der Waals surface area contributed by atoms with Crippen LogP contribution in [0.5, 0.6) is 0 Å². The molecular weight excluding hydrogens is 590 g/mol. The van der Waals surface area contributed by atoms with Crippen LogP contribution in [0.3, 0.4) is 0 Å². The molecule has 2 saturated heterocycles. The first kappa shape index (κ1) is 26.9. The molecule has 206 valence electrons. The molecule has 1 spiro atoms. The van der Waals surface area contributed by atoms with E-state index in [1.807, 2.05) is 89.4 Å². The normalized spacial score (nSPS) is 17.2. The highest BCUT2D eigenvalue weighted by atomic mass is 79.9. The number of hydrogen-bond donors (Lipinski definition) is 0. The molecule has 4 aromatic rings. The fourth-order valence-corrected chi connectivity index (χ4v) is 6.88. The maximum absolute atomic E-state index is 14.1. The van der Waals surface area contributed by atoms with Crippen LogP contribution >= 0.6 is 27.5 Å². The molecule has 0 bridgehead atoms. The summed E-state index contributed by atoms with van der Waals surface area (Å²) in [6.45, 7) is 3.17. The molecule has 0 radical (unpaired) electrons. The summed E-state index contributed by atoms with van der Waals surface area (Å²) in [7, 11) is 1.92. The Bertz CT molecular complexity index is 1580. The topological polar surface area (TPSA) is 53.7 Å². The standard InChI is InChI=1S/C31H31BrClN5O2/c1-34-27(28(32)29(39)38(34)26-13-6-3-7-14-26)21-35-17-15-31(16-18-35)30(40)36(20-23-9-8-10-24(33)19-23)22-37(31)25-11-4-2-5-12-25/h2-14,19H,15-18,20-22H2,1H3. The summed E-state index contributed by atoms with van der Waals surface area (Å²) in [6.07, 6.45) is 1.41. The van der Waals surface area contributed by atoms with E-state index in [0.717, 1.165) is 35.7 Å². The number of halogens is 2. The summed E-state index contributed by atoms with van der Waals surface area (Å²) in [5, 5.41) is 0.675. The van der Waals surface area contributed by atoms with E-state index in [1.54, 1.807) is 4.68 Å². The lowest BCUT2D eigenvalue weighted by Crippen LogP contribution is -2.56. The lowest BCUT2D eigenvalue weighted by atomic mass is 9.85. The Hall–Kier alpha value is -3.33. The van der Waals surface area contributed by atoms with Gasteiger partial charge in [0.05, 0.1) is 18.1 Å². The largest absolute Gasteiger partial charge is 0.339 e. The third-order valence-electron chi connectivity index (χ3n) is 8.23. The quantitative estimate of drug-likeness (QED) is 0.289. The van der Waals surface area contributed by atoms with Crippen molar-refractivity contribution >= 4 is 39.1 Å². The van der Waals surface area contributed by atoms with Gasteiger partial charge in [-0.05, 0) is 70.7 Å². The number of carbonyl (C=O) groups is 1. The van der Waals surface area contributed by atoms with Gasteiger partial charge in [0.25, 0.3) is 5.56 Å². The Morgan fingerprint density at radius 1 is 0.850 bits per heavy atom. The van der Waals surface area contributed by atoms with E-state index in [0.29, 0.717) is 42.1 Å². The van der Waals surface area contributed by atoms with Crippen LogP contribution in [-0.2, 0) is 24.9 Å². The van der Waals surface area contributed by atoms with E-state index in [9.17, 15) is 9.59 Å². The first-order chi connectivity index (χ1) is 19.4. The molecule has 40 heavy (non-hydrogen) atoms. The summed E-state index contributed by atoms with van der Waals surface area (Å²) >= 11 is 9.81. The minimum absolute atomic E-state index is 0.0740. The van der Waals surface area contributed by atoms with Gasteiger partial charge in [0.2, 0.25) is 5.91 Å². The SMILES string of the molecule is Cn1c(CN2CCC3(CC2)C(=O)N(Cc2cccc(Cl)c2)CN3c2ccccc2)c(Br)c(=O)n1-c1ccccc1. The summed E-state index contributed by atoms with van der Waals surface area (Å²) in [6, 6.07) is 27.6. The van der Waals surface area contributed by atoms with Crippen molar-refractivity contribution in [3.63, 3.8) is 0 Å². The van der Waals surface area contributed by atoms with Crippen molar-refractivity contribution < 1.29 is 4.79 Å². The van der Waals surface area contributed by atoms with Gasteiger partial charge in [-0.25, -0.2) is 4.68 Å². The fourth-order valence-electron chi connectivity index (χ4n) is 6.12. The Kier molecular flexibility index (Phi) is 7.33. The van der Waals surface area contributed by atoms with Crippen LogP contribution in [-0.4, -0.2) is 50.4 Å². The minimum atomic E-state index is -0.602. The highest BCUT2D eigenvalue weighted by Gasteiger charge is 2.53. The van der Waals surface area contributed by atoms with Crippen molar-refractivity contribution in [3.8, 4) is 5.69 Å². The summed E-state index contributed by atoms with van der Waals surface area (Å²) in [5.41, 5.74) is 3.16. The average molecular weight is 621 g/mol. The molecule has 9 heteroatoms. The summed E-state index contributed by atoms with van der Waals surface area (Å²) in [5.74, 6) is 0.166. The first-order valence-electron chi connectivity index (χ1n) is 13.5. The van der Waals surface area contributed by atoms with Gasteiger partial charge in [-0.3, -0.25) is 19.2 Å². The maximum Gasteiger partial charge on any atom is 0.286 e. The number of benzene rings is 3. The second kappa shape index (κ2) is 10.9. The van der Waals surface area contributed by atoms with E-state index in [4.69, 9.17) is 11.6 Å². The predicted octanol–water partition coefficient (Wildman–Crippen LogP) is 5.43. The highest BCUT2D eigenvalue weighted by Crippen LogP contribution is 2.40. The van der Waals surface area contributed by atoms with Crippen LogP contribution in [0, 0.1) is 0 Å². The Labute approximate surface area is 247 Å². The van der Waals surface area contributed by atoms with Crippen LogP contribution in [0.2, 0.25) is 5.02 Å². The van der Waals surface area contributed by atoms with Crippen LogP contribution in [0.25, 0.3) is 5.69 Å². The number of carbonyl (C=O) groups excluding carboxylic acids is 1. The second-order valence-electron chi connectivity index (χ2n) is 10.6. The van der Waals surface area contributed by atoms with Gasteiger partial charge in [-0.15, -0.1) is 0 Å².